The Hall–Kier alpha value is -2.21. The van der Waals surface area contributed by atoms with E-state index in [4.69, 9.17) is 15.9 Å². The number of benzene rings is 1. The van der Waals surface area contributed by atoms with E-state index in [1.807, 2.05) is 0 Å². The van der Waals surface area contributed by atoms with Gasteiger partial charge in [0.25, 0.3) is 0 Å². The Labute approximate surface area is 130 Å². The molecule has 120 valence electrons. The van der Waals surface area contributed by atoms with E-state index in [9.17, 15) is 9.59 Å². The highest BCUT2D eigenvalue weighted by Crippen LogP contribution is 2.21. The molecule has 0 heterocycles. The van der Waals surface area contributed by atoms with Gasteiger partial charge in [0.1, 0.15) is 5.75 Å². The summed E-state index contributed by atoms with van der Waals surface area (Å²) in [6, 6.07) is 5.21. The van der Waals surface area contributed by atoms with E-state index in [0.29, 0.717) is 37.3 Å². The number of carbonyl (C=O) groups is 2. The smallest absolute Gasteiger partial charge is 0.163 e. The lowest BCUT2D eigenvalue weighted by Crippen LogP contribution is -2.20. The molecule has 6 heteroatoms. The first kappa shape index (κ1) is 17.8. The van der Waals surface area contributed by atoms with Crippen LogP contribution in [0.4, 0.5) is 0 Å². The summed E-state index contributed by atoms with van der Waals surface area (Å²) < 4.78 is 5.59. The van der Waals surface area contributed by atoms with Crippen LogP contribution in [-0.2, 0) is 11.2 Å². The molecule has 0 radical (unpaired) electrons. The highest BCUT2D eigenvalue weighted by molar-refractivity contribution is 5.97. The SMILES string of the molecule is CNCC(=O)Cc1ccc(OCCCC(=N)N)c(C(C)=O)c1. The highest BCUT2D eigenvalue weighted by Gasteiger charge is 2.11. The van der Waals surface area contributed by atoms with Gasteiger partial charge in [-0.3, -0.25) is 15.0 Å². The van der Waals surface area contributed by atoms with E-state index >= 15 is 0 Å². The maximum Gasteiger partial charge on any atom is 0.163 e. The molecule has 1 aromatic rings. The van der Waals surface area contributed by atoms with Crippen LogP contribution in [0.5, 0.6) is 5.75 Å². The van der Waals surface area contributed by atoms with Crippen molar-refractivity contribution in [2.24, 2.45) is 5.73 Å². The third kappa shape index (κ3) is 6.05. The highest BCUT2D eigenvalue weighted by atomic mass is 16.5. The number of nitrogens with two attached hydrogens (primary N) is 1. The van der Waals surface area contributed by atoms with Gasteiger partial charge in [0, 0.05) is 12.8 Å². The van der Waals surface area contributed by atoms with Crippen LogP contribution < -0.4 is 15.8 Å². The van der Waals surface area contributed by atoms with Crippen molar-refractivity contribution in [1.82, 2.24) is 5.32 Å². The summed E-state index contributed by atoms with van der Waals surface area (Å²) in [6.45, 7) is 2.16. The number of carbonyl (C=O) groups excluding carboxylic acids is 2. The maximum absolute atomic E-state index is 11.7. The number of ether oxygens (including phenoxy) is 1. The molecule has 0 aliphatic carbocycles. The number of Topliss-reactive ketones (excluding diaryl/α,β-unsaturated/α-hetero) is 2. The number of hydrogen-bond donors (Lipinski definition) is 3. The van der Waals surface area contributed by atoms with Crippen LogP contribution in [0.25, 0.3) is 0 Å². The zero-order valence-electron chi connectivity index (χ0n) is 13.1. The standard InChI is InChI=1S/C16H23N3O3/c1-11(20)14-9-12(8-13(21)10-19-2)5-6-15(14)22-7-3-4-16(17)18/h5-6,9,19H,3-4,7-8,10H2,1-2H3,(H3,17,18). The van der Waals surface area contributed by atoms with Crippen LogP contribution in [0.2, 0.25) is 0 Å². The summed E-state index contributed by atoms with van der Waals surface area (Å²) in [5, 5.41) is 9.96. The van der Waals surface area contributed by atoms with Gasteiger partial charge in [-0.2, -0.15) is 0 Å². The molecule has 0 unspecified atom stereocenters. The van der Waals surface area contributed by atoms with E-state index in [1.54, 1.807) is 25.2 Å². The van der Waals surface area contributed by atoms with Gasteiger partial charge in [-0.05, 0) is 38.1 Å². The molecule has 22 heavy (non-hydrogen) atoms. The van der Waals surface area contributed by atoms with Crippen LogP contribution in [0.1, 0.15) is 35.7 Å². The van der Waals surface area contributed by atoms with Gasteiger partial charge in [0.15, 0.2) is 11.6 Å². The van der Waals surface area contributed by atoms with Gasteiger partial charge in [0.2, 0.25) is 0 Å². The molecule has 0 atom stereocenters. The fraction of sp³-hybridized carbons (Fsp3) is 0.438. The molecule has 0 spiro atoms. The Kier molecular flexibility index (Phi) is 7.25. The van der Waals surface area contributed by atoms with Gasteiger partial charge < -0.3 is 15.8 Å². The molecular formula is C16H23N3O3. The van der Waals surface area contributed by atoms with Gasteiger partial charge in [-0.15, -0.1) is 0 Å². The third-order valence-corrected chi connectivity index (χ3v) is 3.05. The van der Waals surface area contributed by atoms with Crippen molar-refractivity contribution in [3.63, 3.8) is 0 Å². The summed E-state index contributed by atoms with van der Waals surface area (Å²) in [6.07, 6.45) is 1.37. The lowest BCUT2D eigenvalue weighted by molar-refractivity contribution is -0.117. The molecule has 1 aromatic carbocycles. The van der Waals surface area contributed by atoms with Crippen molar-refractivity contribution in [3.05, 3.63) is 29.3 Å². The molecular weight excluding hydrogens is 282 g/mol. The second kappa shape index (κ2) is 8.94. The van der Waals surface area contributed by atoms with Crippen molar-refractivity contribution in [1.29, 1.82) is 5.41 Å². The predicted molar refractivity (Wildman–Crippen MR) is 85.7 cm³/mol. The summed E-state index contributed by atoms with van der Waals surface area (Å²) in [7, 11) is 1.72. The molecule has 4 N–H and O–H groups in total. The van der Waals surface area contributed by atoms with Crippen LogP contribution in [0.3, 0.4) is 0 Å². The summed E-state index contributed by atoms with van der Waals surface area (Å²) in [5.41, 5.74) is 6.54. The Morgan fingerprint density at radius 3 is 2.68 bits per heavy atom. The number of hydrogen-bond acceptors (Lipinski definition) is 5. The lowest BCUT2D eigenvalue weighted by atomic mass is 10.0. The first-order valence-electron chi connectivity index (χ1n) is 7.20. The third-order valence-electron chi connectivity index (χ3n) is 3.05. The first-order valence-corrected chi connectivity index (χ1v) is 7.20. The average molecular weight is 305 g/mol. The second-order valence-corrected chi connectivity index (χ2v) is 5.11. The van der Waals surface area contributed by atoms with Crippen LogP contribution in [0, 0.1) is 5.41 Å². The molecule has 0 fully saturated rings. The minimum absolute atomic E-state index is 0.0622. The normalized spacial score (nSPS) is 10.3. The average Bonchev–Trinajstić information content (AvgIpc) is 2.44. The van der Waals surface area contributed by atoms with Gasteiger partial charge in [-0.1, -0.05) is 6.07 Å². The molecule has 6 nitrogen and oxygen atoms in total. The molecule has 0 amide bonds. The molecule has 1 rings (SSSR count). The minimum atomic E-state index is -0.107. The van der Waals surface area contributed by atoms with E-state index < -0.39 is 0 Å². The number of likely N-dealkylation sites (N-methyl/N-ethyl adjacent to an activating group) is 1. The summed E-state index contributed by atoms with van der Waals surface area (Å²) in [4.78, 5) is 23.4. The Morgan fingerprint density at radius 2 is 2.09 bits per heavy atom. The van der Waals surface area contributed by atoms with Crippen molar-refractivity contribution < 1.29 is 14.3 Å². The number of ketones is 2. The van der Waals surface area contributed by atoms with Crippen LogP contribution >= 0.6 is 0 Å². The van der Waals surface area contributed by atoms with Gasteiger partial charge in [-0.25, -0.2) is 0 Å². The van der Waals surface area contributed by atoms with Crippen molar-refractivity contribution >= 4 is 17.4 Å². The fourth-order valence-electron chi connectivity index (χ4n) is 2.02. The molecule has 0 saturated heterocycles. The molecule has 0 saturated carbocycles. The monoisotopic (exact) mass is 305 g/mol. The number of amidine groups is 1. The fourth-order valence-corrected chi connectivity index (χ4v) is 2.02. The van der Waals surface area contributed by atoms with Crippen LogP contribution in [-0.4, -0.2) is 37.6 Å². The maximum atomic E-state index is 11.7. The van der Waals surface area contributed by atoms with Gasteiger partial charge in [0.05, 0.1) is 24.6 Å². The van der Waals surface area contributed by atoms with E-state index in [-0.39, 0.29) is 23.8 Å². The molecule has 0 aliphatic heterocycles. The zero-order chi connectivity index (χ0) is 16.5. The first-order chi connectivity index (χ1) is 10.4. The zero-order valence-corrected chi connectivity index (χ0v) is 13.1. The van der Waals surface area contributed by atoms with E-state index in [0.717, 1.165) is 5.56 Å². The minimum Gasteiger partial charge on any atom is -0.493 e. The van der Waals surface area contributed by atoms with Crippen molar-refractivity contribution in [2.75, 3.05) is 20.2 Å². The molecule has 0 aromatic heterocycles. The molecule has 0 bridgehead atoms. The quantitative estimate of drug-likeness (QED) is 0.262. The lowest BCUT2D eigenvalue weighted by Gasteiger charge is -2.11. The van der Waals surface area contributed by atoms with Crippen molar-refractivity contribution in [2.45, 2.75) is 26.2 Å². The Bertz CT molecular complexity index is 556. The van der Waals surface area contributed by atoms with E-state index in [1.165, 1.54) is 6.92 Å². The van der Waals surface area contributed by atoms with Gasteiger partial charge >= 0.3 is 0 Å². The van der Waals surface area contributed by atoms with Crippen LogP contribution in [0.15, 0.2) is 18.2 Å². The Morgan fingerprint density at radius 1 is 1.36 bits per heavy atom. The molecule has 0 aliphatic rings. The number of rotatable bonds is 10. The largest absolute Gasteiger partial charge is 0.493 e. The van der Waals surface area contributed by atoms with Crippen molar-refractivity contribution in [3.8, 4) is 5.75 Å². The predicted octanol–water partition coefficient (Wildman–Crippen LogP) is 1.32. The summed E-state index contributed by atoms with van der Waals surface area (Å²) in [5.74, 6) is 0.575. The second-order valence-electron chi connectivity index (χ2n) is 5.11. The van der Waals surface area contributed by atoms with E-state index in [2.05, 4.69) is 5.32 Å². The Balaban J connectivity index is 2.75. The topological polar surface area (TPSA) is 105 Å². The summed E-state index contributed by atoms with van der Waals surface area (Å²) >= 11 is 0. The number of nitrogens with one attached hydrogen (secondary N) is 2.